The summed E-state index contributed by atoms with van der Waals surface area (Å²) in [7, 11) is 0. The van der Waals surface area contributed by atoms with Crippen molar-refractivity contribution in [3.8, 4) is 0 Å². The fourth-order valence-corrected chi connectivity index (χ4v) is 3.24. The zero-order valence-corrected chi connectivity index (χ0v) is 15.4. The van der Waals surface area contributed by atoms with Gasteiger partial charge in [-0.2, -0.15) is 0 Å². The van der Waals surface area contributed by atoms with Crippen molar-refractivity contribution in [2.45, 2.75) is 58.1 Å². The van der Waals surface area contributed by atoms with Crippen LogP contribution in [0.2, 0.25) is 0 Å². The third-order valence-electron chi connectivity index (χ3n) is 3.86. The van der Waals surface area contributed by atoms with Crippen molar-refractivity contribution in [1.82, 2.24) is 4.90 Å². The zero-order chi connectivity index (χ0) is 15.7. The molecule has 0 aromatic heterocycles. The molecule has 116 valence electrons. The van der Waals surface area contributed by atoms with Gasteiger partial charge < -0.3 is 9.64 Å². The van der Waals surface area contributed by atoms with Crippen molar-refractivity contribution in [3.05, 3.63) is 33.4 Å². The van der Waals surface area contributed by atoms with E-state index in [1.165, 1.54) is 9.13 Å². The van der Waals surface area contributed by atoms with Crippen molar-refractivity contribution in [2.24, 2.45) is 0 Å². The number of hydrogen-bond donors (Lipinski definition) is 0. The van der Waals surface area contributed by atoms with Crippen molar-refractivity contribution in [1.29, 1.82) is 0 Å². The van der Waals surface area contributed by atoms with Gasteiger partial charge in [0.05, 0.1) is 0 Å². The molecule has 0 radical (unpaired) electrons. The van der Waals surface area contributed by atoms with Crippen molar-refractivity contribution >= 4 is 28.7 Å². The monoisotopic (exact) mass is 401 g/mol. The first-order valence-corrected chi connectivity index (χ1v) is 8.53. The lowest BCUT2D eigenvalue weighted by Crippen LogP contribution is -2.48. The number of amides is 1. The van der Waals surface area contributed by atoms with E-state index in [9.17, 15) is 4.79 Å². The zero-order valence-electron chi connectivity index (χ0n) is 13.3. The number of likely N-dealkylation sites (tertiary alicyclic amines) is 1. The van der Waals surface area contributed by atoms with Crippen LogP contribution >= 0.6 is 22.6 Å². The summed E-state index contributed by atoms with van der Waals surface area (Å²) in [5, 5.41) is 0. The van der Waals surface area contributed by atoms with Crippen LogP contribution in [0.3, 0.4) is 0 Å². The Morgan fingerprint density at radius 2 is 1.95 bits per heavy atom. The first kappa shape index (κ1) is 16.6. The van der Waals surface area contributed by atoms with Crippen LogP contribution in [-0.2, 0) is 11.2 Å². The van der Waals surface area contributed by atoms with Crippen LogP contribution in [0.5, 0.6) is 0 Å². The molecule has 0 saturated carbocycles. The van der Waals surface area contributed by atoms with Crippen LogP contribution in [0.15, 0.2) is 24.3 Å². The summed E-state index contributed by atoms with van der Waals surface area (Å²) in [5.74, 6) is 0. The third-order valence-corrected chi connectivity index (χ3v) is 4.58. The second-order valence-corrected chi connectivity index (χ2v) is 8.28. The fourth-order valence-electron chi connectivity index (χ4n) is 2.88. The highest BCUT2D eigenvalue weighted by Crippen LogP contribution is 2.33. The summed E-state index contributed by atoms with van der Waals surface area (Å²) in [6, 6.07) is 8.54. The molecule has 1 saturated heterocycles. The number of hydrogen-bond acceptors (Lipinski definition) is 2. The van der Waals surface area contributed by atoms with Gasteiger partial charge in [0.25, 0.3) is 0 Å². The second-order valence-electron chi connectivity index (χ2n) is 7.04. The number of carbonyl (C=O) groups excluding carboxylic acids is 1. The maximum atomic E-state index is 12.4. The Morgan fingerprint density at radius 3 is 2.52 bits per heavy atom. The van der Waals surface area contributed by atoms with Gasteiger partial charge in [-0.05, 0) is 87.2 Å². The first-order valence-electron chi connectivity index (χ1n) is 7.45. The minimum Gasteiger partial charge on any atom is -0.444 e. The molecule has 3 nitrogen and oxygen atoms in total. The molecule has 4 heteroatoms. The minimum atomic E-state index is -0.441. The average Bonchev–Trinajstić information content (AvgIpc) is 2.72. The third kappa shape index (κ3) is 4.34. The Balaban J connectivity index is 2.12. The van der Waals surface area contributed by atoms with Gasteiger partial charge in [0.2, 0.25) is 0 Å². The van der Waals surface area contributed by atoms with Crippen LogP contribution in [0.4, 0.5) is 4.79 Å². The van der Waals surface area contributed by atoms with Crippen LogP contribution in [-0.4, -0.2) is 28.7 Å². The topological polar surface area (TPSA) is 29.5 Å². The number of halogens is 1. The molecule has 21 heavy (non-hydrogen) atoms. The van der Waals surface area contributed by atoms with Gasteiger partial charge in [0.15, 0.2) is 0 Å². The van der Waals surface area contributed by atoms with E-state index in [0.29, 0.717) is 0 Å². The molecule has 1 fully saturated rings. The maximum absolute atomic E-state index is 12.4. The minimum absolute atomic E-state index is 0.144. The normalized spacial score (nSPS) is 22.4. The fraction of sp³-hybridized carbons (Fsp3) is 0.588. The van der Waals surface area contributed by atoms with Crippen molar-refractivity contribution < 1.29 is 9.53 Å². The van der Waals surface area contributed by atoms with E-state index >= 15 is 0 Å². The van der Waals surface area contributed by atoms with Gasteiger partial charge in [-0.15, -0.1) is 0 Å². The molecule has 1 heterocycles. The van der Waals surface area contributed by atoms with Gasteiger partial charge in [0.1, 0.15) is 5.60 Å². The van der Waals surface area contributed by atoms with E-state index in [1.54, 1.807) is 0 Å². The smallest absolute Gasteiger partial charge is 0.410 e. The van der Waals surface area contributed by atoms with E-state index in [-0.39, 0.29) is 11.6 Å². The molecular formula is C17H24INO2. The molecule has 0 spiro atoms. The highest BCUT2D eigenvalue weighted by Gasteiger charge is 2.41. The highest BCUT2D eigenvalue weighted by molar-refractivity contribution is 14.1. The number of nitrogens with zero attached hydrogens (tertiary/aromatic N) is 1. The molecular weight excluding hydrogens is 377 g/mol. The van der Waals surface area contributed by atoms with Crippen LogP contribution in [0, 0.1) is 3.57 Å². The van der Waals surface area contributed by atoms with E-state index < -0.39 is 5.60 Å². The number of ether oxygens (including phenoxy) is 1. The van der Waals surface area contributed by atoms with Gasteiger partial charge in [0, 0.05) is 15.7 Å². The standard InChI is InChI=1S/C17H24INO2/c1-16(2,3)21-15(20)19-11-5-10-17(19,4)12-13-6-8-14(18)9-7-13/h6-9H,5,10-12H2,1-4H3. The molecule has 1 aromatic carbocycles. The lowest BCUT2D eigenvalue weighted by Gasteiger charge is -2.36. The molecule has 1 unspecified atom stereocenters. The summed E-state index contributed by atoms with van der Waals surface area (Å²) >= 11 is 2.31. The van der Waals surface area contributed by atoms with Crippen molar-refractivity contribution in [3.63, 3.8) is 0 Å². The van der Waals surface area contributed by atoms with Crippen LogP contribution in [0.25, 0.3) is 0 Å². The highest BCUT2D eigenvalue weighted by atomic mass is 127. The quantitative estimate of drug-likeness (QED) is 0.677. The average molecular weight is 401 g/mol. The number of benzene rings is 1. The summed E-state index contributed by atoms with van der Waals surface area (Å²) in [6.07, 6.45) is 2.76. The summed E-state index contributed by atoms with van der Waals surface area (Å²) in [5.41, 5.74) is 0.687. The second kappa shape index (κ2) is 6.15. The predicted octanol–water partition coefficient (Wildman–Crippen LogP) is 4.62. The lowest BCUT2D eigenvalue weighted by molar-refractivity contribution is 0.0108. The molecule has 1 aromatic rings. The Kier molecular flexibility index (Phi) is 4.85. The van der Waals surface area contributed by atoms with E-state index in [1.807, 2.05) is 25.7 Å². The van der Waals surface area contributed by atoms with Gasteiger partial charge in [-0.3, -0.25) is 0 Å². The molecule has 1 aliphatic rings. The molecule has 2 rings (SSSR count). The maximum Gasteiger partial charge on any atom is 0.410 e. The SMILES string of the molecule is CC(C)(C)OC(=O)N1CCCC1(C)Cc1ccc(I)cc1. The molecule has 0 N–H and O–H groups in total. The molecule has 0 bridgehead atoms. The van der Waals surface area contributed by atoms with E-state index in [2.05, 4.69) is 53.8 Å². The van der Waals surface area contributed by atoms with Crippen molar-refractivity contribution in [2.75, 3.05) is 6.54 Å². The molecule has 1 amide bonds. The van der Waals surface area contributed by atoms with Gasteiger partial charge in [-0.1, -0.05) is 12.1 Å². The van der Waals surface area contributed by atoms with E-state index in [0.717, 1.165) is 25.8 Å². The lowest BCUT2D eigenvalue weighted by atomic mass is 9.90. The molecule has 1 aliphatic heterocycles. The number of rotatable bonds is 2. The summed E-state index contributed by atoms with van der Waals surface area (Å²) in [4.78, 5) is 14.3. The predicted molar refractivity (Wildman–Crippen MR) is 93.4 cm³/mol. The largest absolute Gasteiger partial charge is 0.444 e. The number of carbonyl (C=O) groups is 1. The van der Waals surface area contributed by atoms with Crippen LogP contribution in [0.1, 0.15) is 46.1 Å². The summed E-state index contributed by atoms with van der Waals surface area (Å²) < 4.78 is 6.79. The molecule has 0 aliphatic carbocycles. The molecule has 1 atom stereocenters. The summed E-state index contributed by atoms with van der Waals surface area (Å²) in [6.45, 7) is 8.70. The first-order chi connectivity index (χ1) is 9.70. The Hall–Kier alpha value is -0.780. The van der Waals surface area contributed by atoms with E-state index in [4.69, 9.17) is 4.74 Å². The Labute approximate surface area is 141 Å². The van der Waals surface area contributed by atoms with Gasteiger partial charge in [-0.25, -0.2) is 4.79 Å². The Bertz CT molecular complexity index is 507. The van der Waals surface area contributed by atoms with Crippen LogP contribution < -0.4 is 0 Å². The van der Waals surface area contributed by atoms with Gasteiger partial charge >= 0.3 is 6.09 Å². The Morgan fingerprint density at radius 1 is 1.33 bits per heavy atom.